The molecule has 0 radical (unpaired) electrons. The van der Waals surface area contributed by atoms with Gasteiger partial charge in [0.05, 0.1) is 24.4 Å². The van der Waals surface area contributed by atoms with Crippen molar-refractivity contribution in [2.75, 3.05) is 0 Å². The van der Waals surface area contributed by atoms with Gasteiger partial charge in [-0.3, -0.25) is 19.2 Å². The molecule has 0 aromatic heterocycles. The third-order valence-corrected chi connectivity index (χ3v) is 11.3. The van der Waals surface area contributed by atoms with Gasteiger partial charge in [-0.25, -0.2) is 4.79 Å². The Bertz CT molecular complexity index is 1260. The zero-order chi connectivity index (χ0) is 41.6. The lowest BCUT2D eigenvalue weighted by Crippen LogP contribution is -2.36. The maximum atomic E-state index is 12.2. The van der Waals surface area contributed by atoms with Crippen LogP contribution in [0.4, 0.5) is 0 Å². The first-order chi connectivity index (χ1) is 27.3. The van der Waals surface area contributed by atoms with Crippen LogP contribution in [-0.2, 0) is 57.1 Å². The van der Waals surface area contributed by atoms with Crippen molar-refractivity contribution in [2.24, 2.45) is 0 Å². The van der Waals surface area contributed by atoms with Crippen molar-refractivity contribution < 1.29 is 57.1 Å². The Balaban J connectivity index is 1.44. The molecule has 12 nitrogen and oxygen atoms in total. The Morgan fingerprint density at radius 1 is 0.579 bits per heavy atom. The zero-order valence-electron chi connectivity index (χ0n) is 35.9. The van der Waals surface area contributed by atoms with Gasteiger partial charge in [0, 0.05) is 39.7 Å². The average Bonchev–Trinajstić information content (AvgIpc) is 3.89. The van der Waals surface area contributed by atoms with E-state index < -0.39 is 18.2 Å². The maximum absolute atomic E-state index is 12.2. The van der Waals surface area contributed by atoms with Gasteiger partial charge in [0.25, 0.3) is 0 Å². The first-order valence-corrected chi connectivity index (χ1v) is 22.3. The predicted molar refractivity (Wildman–Crippen MR) is 215 cm³/mol. The molecule has 12 heteroatoms. The van der Waals surface area contributed by atoms with Crippen LogP contribution in [0.25, 0.3) is 0 Å². The van der Waals surface area contributed by atoms with E-state index in [4.69, 9.17) is 33.2 Å². The lowest BCUT2D eigenvalue weighted by molar-refractivity contribution is -0.165. The van der Waals surface area contributed by atoms with Crippen LogP contribution >= 0.6 is 0 Å². The molecule has 3 aliphatic rings. The van der Waals surface area contributed by atoms with Crippen molar-refractivity contribution in [3.05, 3.63) is 11.6 Å². The molecule has 0 spiro atoms. The summed E-state index contributed by atoms with van der Waals surface area (Å²) in [4.78, 5) is 60.1. The van der Waals surface area contributed by atoms with Crippen LogP contribution in [0.3, 0.4) is 0 Å². The fraction of sp³-hybridized carbons (Fsp3) is 0.844. The van der Waals surface area contributed by atoms with E-state index in [1.807, 2.05) is 0 Å². The van der Waals surface area contributed by atoms with E-state index in [1.165, 1.54) is 79.1 Å². The quantitative estimate of drug-likeness (QED) is 0.0403. The molecule has 9 atom stereocenters. The van der Waals surface area contributed by atoms with Crippen molar-refractivity contribution in [2.45, 2.75) is 244 Å². The summed E-state index contributed by atoms with van der Waals surface area (Å²) in [7, 11) is 0. The zero-order valence-corrected chi connectivity index (χ0v) is 35.9. The van der Waals surface area contributed by atoms with Crippen LogP contribution in [0, 0.1) is 0 Å². The molecule has 0 bridgehead atoms. The maximum Gasteiger partial charge on any atom is 0.334 e. The minimum atomic E-state index is -0.489. The third-order valence-electron chi connectivity index (χ3n) is 11.3. The Kier molecular flexibility index (Phi) is 22.8. The summed E-state index contributed by atoms with van der Waals surface area (Å²) in [6.07, 6.45) is 20.5. The van der Waals surface area contributed by atoms with Crippen LogP contribution in [-0.4, -0.2) is 84.8 Å². The minimum absolute atomic E-state index is 0.120. The highest BCUT2D eigenvalue weighted by Gasteiger charge is 2.43. The monoisotopic (exact) mass is 807 g/mol. The standard InChI is InChI=1S/C45H74O12/c1-7-8-9-10-11-12-13-14-15-19-22-39(54-34(5)48)41-25-27-43(56-41)44-28-26-42(57-44)40(55-35(6)49)24-23-37(52-32(3)46)20-17-16-18-21-38(53-33(4)47)30-36-29-31(2)51-45(36)50/h29,31,37-44H,7-28,30H2,1-6H3/t31?,37?,38?,39-,40+,41-,42+,43+,44+/m1/s1. The fourth-order valence-electron chi connectivity index (χ4n) is 8.60. The van der Waals surface area contributed by atoms with Gasteiger partial charge >= 0.3 is 29.8 Å². The predicted octanol–water partition coefficient (Wildman–Crippen LogP) is 9.11. The van der Waals surface area contributed by atoms with Crippen molar-refractivity contribution in [1.82, 2.24) is 0 Å². The van der Waals surface area contributed by atoms with Crippen LogP contribution in [0.5, 0.6) is 0 Å². The number of unbranched alkanes of at least 4 members (excludes halogenated alkanes) is 11. The highest BCUT2D eigenvalue weighted by molar-refractivity contribution is 5.91. The second kappa shape index (κ2) is 26.9. The van der Waals surface area contributed by atoms with E-state index in [0.29, 0.717) is 44.1 Å². The van der Waals surface area contributed by atoms with Crippen molar-refractivity contribution >= 4 is 29.8 Å². The smallest absolute Gasteiger partial charge is 0.334 e. The lowest BCUT2D eigenvalue weighted by Gasteiger charge is -2.28. The molecule has 3 aliphatic heterocycles. The van der Waals surface area contributed by atoms with Crippen molar-refractivity contribution in [3.63, 3.8) is 0 Å². The van der Waals surface area contributed by atoms with Crippen LogP contribution in [0.2, 0.25) is 0 Å². The molecule has 2 saturated heterocycles. The van der Waals surface area contributed by atoms with Gasteiger partial charge in [-0.15, -0.1) is 0 Å². The summed E-state index contributed by atoms with van der Waals surface area (Å²) in [5.41, 5.74) is 0.534. The number of carbonyl (C=O) groups is 5. The Hall–Kier alpha value is -2.99. The Morgan fingerprint density at radius 2 is 1.02 bits per heavy atom. The summed E-state index contributed by atoms with van der Waals surface area (Å²) < 4.78 is 41.0. The summed E-state index contributed by atoms with van der Waals surface area (Å²) in [6.45, 7) is 9.65. The fourth-order valence-corrected chi connectivity index (χ4v) is 8.60. The minimum Gasteiger partial charge on any atom is -0.463 e. The molecule has 0 amide bonds. The molecule has 2 fully saturated rings. The highest BCUT2D eigenvalue weighted by Crippen LogP contribution is 2.36. The van der Waals surface area contributed by atoms with Gasteiger partial charge in [-0.05, 0) is 90.0 Å². The number of ether oxygens (including phenoxy) is 7. The summed E-state index contributed by atoms with van der Waals surface area (Å²) >= 11 is 0. The first-order valence-electron chi connectivity index (χ1n) is 22.3. The largest absolute Gasteiger partial charge is 0.463 e. The van der Waals surface area contributed by atoms with E-state index in [1.54, 1.807) is 13.0 Å². The number of esters is 5. The average molecular weight is 807 g/mol. The Labute approximate surface area is 342 Å². The van der Waals surface area contributed by atoms with E-state index in [2.05, 4.69) is 6.92 Å². The van der Waals surface area contributed by atoms with Gasteiger partial charge in [0.15, 0.2) is 0 Å². The topological polar surface area (TPSA) is 150 Å². The second-order valence-electron chi connectivity index (χ2n) is 16.5. The summed E-state index contributed by atoms with van der Waals surface area (Å²) in [5.74, 6) is -1.79. The first kappa shape index (κ1) is 48.4. The molecule has 326 valence electrons. The highest BCUT2D eigenvalue weighted by atomic mass is 16.6. The molecular formula is C45H74O12. The molecule has 3 rings (SSSR count). The number of cyclic esters (lactones) is 1. The van der Waals surface area contributed by atoms with E-state index in [9.17, 15) is 24.0 Å². The van der Waals surface area contributed by atoms with E-state index in [0.717, 1.165) is 57.8 Å². The molecule has 3 heterocycles. The second-order valence-corrected chi connectivity index (χ2v) is 16.5. The van der Waals surface area contributed by atoms with Crippen molar-refractivity contribution in [1.29, 1.82) is 0 Å². The van der Waals surface area contributed by atoms with Gasteiger partial charge in [-0.1, -0.05) is 71.1 Å². The van der Waals surface area contributed by atoms with E-state index >= 15 is 0 Å². The number of carbonyl (C=O) groups excluding carboxylic acids is 5. The molecule has 3 unspecified atom stereocenters. The molecule has 0 N–H and O–H groups in total. The normalized spacial score (nSPS) is 23.9. The van der Waals surface area contributed by atoms with Crippen LogP contribution in [0.1, 0.15) is 189 Å². The molecule has 0 aromatic rings. The Morgan fingerprint density at radius 3 is 1.51 bits per heavy atom. The lowest BCUT2D eigenvalue weighted by atomic mass is 9.98. The molecule has 0 saturated carbocycles. The number of hydrogen-bond donors (Lipinski definition) is 0. The van der Waals surface area contributed by atoms with Gasteiger partial charge in [0.1, 0.15) is 30.5 Å². The number of rotatable bonds is 29. The van der Waals surface area contributed by atoms with Crippen LogP contribution in [0.15, 0.2) is 11.6 Å². The van der Waals surface area contributed by atoms with Crippen molar-refractivity contribution in [3.8, 4) is 0 Å². The molecule has 0 aliphatic carbocycles. The third kappa shape index (κ3) is 19.5. The summed E-state index contributed by atoms with van der Waals surface area (Å²) in [6, 6.07) is 0. The SMILES string of the molecule is CCCCCCCCCCCC[C@@H](OC(C)=O)[C@H]1CC[C@@H]([C@@H]2CC[C@@H]([C@H](CCC(CCCCCC(CC3=CC(C)OC3=O)OC(C)=O)OC(C)=O)OC(C)=O)O2)O1. The van der Waals surface area contributed by atoms with Gasteiger partial charge in [0.2, 0.25) is 0 Å². The van der Waals surface area contributed by atoms with Gasteiger partial charge in [-0.2, -0.15) is 0 Å². The summed E-state index contributed by atoms with van der Waals surface area (Å²) in [5, 5.41) is 0. The molecule has 0 aromatic carbocycles. The molecule has 57 heavy (non-hydrogen) atoms. The van der Waals surface area contributed by atoms with Gasteiger partial charge < -0.3 is 33.2 Å². The van der Waals surface area contributed by atoms with Crippen LogP contribution < -0.4 is 0 Å². The molecular weight excluding hydrogens is 732 g/mol. The number of hydrogen-bond acceptors (Lipinski definition) is 12. The van der Waals surface area contributed by atoms with E-state index in [-0.39, 0.29) is 66.6 Å².